The molecule has 0 heterocycles. The predicted octanol–water partition coefficient (Wildman–Crippen LogP) is 9.63. The Balaban J connectivity index is 1.71. The van der Waals surface area contributed by atoms with E-state index >= 15 is 0 Å². The van der Waals surface area contributed by atoms with E-state index in [2.05, 4.69) is 85.8 Å². The van der Waals surface area contributed by atoms with Gasteiger partial charge in [0.25, 0.3) is 0 Å². The highest BCUT2D eigenvalue weighted by atomic mass is 32.2. The van der Waals surface area contributed by atoms with Crippen molar-refractivity contribution in [2.24, 2.45) is 5.73 Å². The van der Waals surface area contributed by atoms with E-state index in [9.17, 15) is 0 Å². The molecule has 210 valence electrons. The van der Waals surface area contributed by atoms with Crippen LogP contribution in [-0.4, -0.2) is 19.4 Å². The van der Waals surface area contributed by atoms with E-state index in [4.69, 9.17) is 10.5 Å². The van der Waals surface area contributed by atoms with Crippen molar-refractivity contribution in [2.45, 2.75) is 94.1 Å². The van der Waals surface area contributed by atoms with Crippen LogP contribution < -0.4 is 10.5 Å². The van der Waals surface area contributed by atoms with E-state index in [1.807, 2.05) is 11.8 Å². The molecule has 0 aliphatic heterocycles. The van der Waals surface area contributed by atoms with Crippen molar-refractivity contribution in [3.05, 3.63) is 101 Å². The molecular formula is C36H49NOS. The molecule has 0 aromatic heterocycles. The molecule has 1 aliphatic carbocycles. The Morgan fingerprint density at radius 2 is 1.13 bits per heavy atom. The molecule has 0 spiro atoms. The maximum Gasteiger partial charge on any atom is 0.118 e. The van der Waals surface area contributed by atoms with Crippen molar-refractivity contribution < 1.29 is 4.74 Å². The van der Waals surface area contributed by atoms with Crippen LogP contribution in [0.2, 0.25) is 0 Å². The van der Waals surface area contributed by atoms with Gasteiger partial charge in [0.1, 0.15) is 5.75 Å². The number of benzene rings is 3. The molecule has 0 amide bonds. The average molecular weight is 544 g/mol. The van der Waals surface area contributed by atoms with E-state index in [0.29, 0.717) is 6.54 Å². The summed E-state index contributed by atoms with van der Waals surface area (Å²) in [6.07, 6.45) is 16.5. The summed E-state index contributed by atoms with van der Waals surface area (Å²) in [5.41, 5.74) is 11.7. The lowest BCUT2D eigenvalue weighted by molar-refractivity contribution is 0.365. The summed E-state index contributed by atoms with van der Waals surface area (Å²) in [7, 11) is 1.73. The van der Waals surface area contributed by atoms with Crippen LogP contribution >= 0.6 is 11.8 Å². The van der Waals surface area contributed by atoms with Gasteiger partial charge in [-0.05, 0) is 52.6 Å². The average Bonchev–Trinajstić information content (AvgIpc) is 3.01. The van der Waals surface area contributed by atoms with Gasteiger partial charge in [-0.1, -0.05) is 138 Å². The number of methoxy groups -OCH3 is 1. The Hall–Kier alpha value is -2.23. The number of ether oxygens (including phenoxy) is 1. The number of rotatable bonds is 8. The van der Waals surface area contributed by atoms with Crippen LogP contribution in [0, 0.1) is 0 Å². The quantitative estimate of drug-likeness (QED) is 0.287. The molecule has 3 heteroatoms. The van der Waals surface area contributed by atoms with E-state index < -0.39 is 0 Å². The largest absolute Gasteiger partial charge is 0.497 e. The van der Waals surface area contributed by atoms with Crippen molar-refractivity contribution in [1.29, 1.82) is 0 Å². The smallest absolute Gasteiger partial charge is 0.118 e. The summed E-state index contributed by atoms with van der Waals surface area (Å²) in [6.45, 7) is 3.17. The first kappa shape index (κ1) is 29.7. The van der Waals surface area contributed by atoms with Crippen molar-refractivity contribution >= 4 is 11.8 Å². The first-order valence-electron chi connectivity index (χ1n) is 15.3. The Kier molecular flexibility index (Phi) is 11.4. The number of hydrogen-bond donors (Lipinski definition) is 1. The van der Waals surface area contributed by atoms with Crippen molar-refractivity contribution in [1.82, 2.24) is 0 Å². The minimum atomic E-state index is -0.336. The van der Waals surface area contributed by atoms with Gasteiger partial charge in [-0.3, -0.25) is 0 Å². The lowest BCUT2D eigenvalue weighted by Gasteiger charge is -2.36. The Bertz CT molecular complexity index is 1080. The summed E-state index contributed by atoms with van der Waals surface area (Å²) in [6, 6.07) is 29.2. The fourth-order valence-electron chi connectivity index (χ4n) is 6.43. The van der Waals surface area contributed by atoms with Gasteiger partial charge in [-0.2, -0.15) is 0 Å². The van der Waals surface area contributed by atoms with Crippen LogP contribution in [0.4, 0.5) is 0 Å². The minimum Gasteiger partial charge on any atom is -0.497 e. The van der Waals surface area contributed by atoms with Crippen LogP contribution in [0.5, 0.6) is 5.75 Å². The molecule has 2 nitrogen and oxygen atoms in total. The second-order valence-corrected chi connectivity index (χ2v) is 12.9. The molecule has 39 heavy (non-hydrogen) atoms. The Morgan fingerprint density at radius 1 is 0.667 bits per heavy atom. The zero-order chi connectivity index (χ0) is 27.4. The first-order chi connectivity index (χ1) is 19.1. The zero-order valence-electron chi connectivity index (χ0n) is 24.3. The topological polar surface area (TPSA) is 35.2 Å². The molecule has 1 fully saturated rings. The lowest BCUT2D eigenvalue weighted by Crippen LogP contribution is -2.28. The summed E-state index contributed by atoms with van der Waals surface area (Å²) in [5, 5.41) is 0. The molecule has 1 aliphatic rings. The summed E-state index contributed by atoms with van der Waals surface area (Å²) >= 11 is 1.93. The van der Waals surface area contributed by atoms with Crippen LogP contribution in [0.1, 0.15) is 106 Å². The standard InChI is InChI=1S/C36H49NOS/c1-35(26-14-9-7-5-3-4-6-8-10-15-27-35)30-18-20-32(21-19-30)36(39-29-28-37,31-16-12-11-13-17-31)33-22-24-34(38-2)25-23-33/h11-13,16-25H,3-10,14-15,26-29,37H2,1-2H3. The first-order valence-corrected chi connectivity index (χ1v) is 16.3. The molecule has 1 atom stereocenters. The van der Waals surface area contributed by atoms with E-state index in [1.165, 1.54) is 99.3 Å². The number of hydrogen-bond acceptors (Lipinski definition) is 3. The summed E-state index contributed by atoms with van der Waals surface area (Å²) in [5.74, 6) is 1.76. The van der Waals surface area contributed by atoms with Gasteiger partial charge in [0.2, 0.25) is 0 Å². The van der Waals surface area contributed by atoms with E-state index in [0.717, 1.165) is 11.5 Å². The minimum absolute atomic E-state index is 0.243. The SMILES string of the molecule is COc1ccc(C(SCCN)(c2ccccc2)c2ccc(C3(C)CCCCCCCCCCCC3)cc2)cc1. The molecule has 3 aromatic rings. The second kappa shape index (κ2) is 15.0. The molecule has 4 rings (SSSR count). The molecule has 1 saturated carbocycles. The van der Waals surface area contributed by atoms with Crippen LogP contribution in [0.25, 0.3) is 0 Å². The van der Waals surface area contributed by atoms with Gasteiger partial charge >= 0.3 is 0 Å². The predicted molar refractivity (Wildman–Crippen MR) is 170 cm³/mol. The maximum absolute atomic E-state index is 6.10. The Labute approximate surface area is 242 Å². The molecule has 0 bridgehead atoms. The van der Waals surface area contributed by atoms with Crippen molar-refractivity contribution in [3.8, 4) is 5.75 Å². The molecule has 1 unspecified atom stereocenters. The van der Waals surface area contributed by atoms with Gasteiger partial charge in [-0.15, -0.1) is 11.8 Å². The van der Waals surface area contributed by atoms with Gasteiger partial charge in [-0.25, -0.2) is 0 Å². The van der Waals surface area contributed by atoms with Crippen LogP contribution in [-0.2, 0) is 10.2 Å². The highest BCUT2D eigenvalue weighted by Gasteiger charge is 2.37. The van der Waals surface area contributed by atoms with E-state index in [-0.39, 0.29) is 10.2 Å². The molecular weight excluding hydrogens is 494 g/mol. The second-order valence-electron chi connectivity index (χ2n) is 11.6. The molecule has 0 radical (unpaired) electrons. The summed E-state index contributed by atoms with van der Waals surface area (Å²) in [4.78, 5) is 0. The normalized spacial score (nSPS) is 18.6. The maximum atomic E-state index is 6.10. The fourth-order valence-corrected chi connectivity index (χ4v) is 7.76. The van der Waals surface area contributed by atoms with Gasteiger partial charge in [0, 0.05) is 12.3 Å². The van der Waals surface area contributed by atoms with Crippen LogP contribution in [0.3, 0.4) is 0 Å². The zero-order valence-corrected chi connectivity index (χ0v) is 25.1. The number of nitrogens with two attached hydrogens (primary N) is 1. The lowest BCUT2D eigenvalue weighted by atomic mass is 9.73. The number of thioether (sulfide) groups is 1. The van der Waals surface area contributed by atoms with Gasteiger partial charge in [0.15, 0.2) is 0 Å². The van der Waals surface area contributed by atoms with Crippen molar-refractivity contribution in [2.75, 3.05) is 19.4 Å². The highest BCUT2D eigenvalue weighted by Crippen LogP contribution is 2.49. The third kappa shape index (κ3) is 7.50. The molecule has 2 N–H and O–H groups in total. The monoisotopic (exact) mass is 543 g/mol. The van der Waals surface area contributed by atoms with Crippen LogP contribution in [0.15, 0.2) is 78.9 Å². The highest BCUT2D eigenvalue weighted by molar-refractivity contribution is 8.00. The molecule has 0 saturated heterocycles. The fraction of sp³-hybridized carbons (Fsp3) is 0.500. The third-order valence-corrected chi connectivity index (χ3v) is 10.4. The van der Waals surface area contributed by atoms with Gasteiger partial charge in [0.05, 0.1) is 11.9 Å². The Morgan fingerprint density at radius 3 is 1.62 bits per heavy atom. The third-order valence-electron chi connectivity index (χ3n) is 8.81. The van der Waals surface area contributed by atoms with Crippen molar-refractivity contribution in [3.63, 3.8) is 0 Å². The van der Waals surface area contributed by atoms with Gasteiger partial charge < -0.3 is 10.5 Å². The summed E-state index contributed by atoms with van der Waals surface area (Å²) < 4.78 is 5.16. The van der Waals surface area contributed by atoms with E-state index in [1.54, 1.807) is 7.11 Å². The molecule has 3 aromatic carbocycles.